The highest BCUT2D eigenvalue weighted by Crippen LogP contribution is 2.46. The summed E-state index contributed by atoms with van der Waals surface area (Å²) >= 11 is 0. The molecule has 0 saturated carbocycles. The number of carbonyl (C=O) groups is 2. The van der Waals surface area contributed by atoms with Crippen LogP contribution in [0.3, 0.4) is 0 Å². The Morgan fingerprint density at radius 3 is 2.47 bits per heavy atom. The van der Waals surface area contributed by atoms with Crippen molar-refractivity contribution in [3.63, 3.8) is 0 Å². The third-order valence-corrected chi connectivity index (χ3v) is 5.65. The molecule has 1 heterocycles. The average Bonchev–Trinajstić information content (AvgIpc) is 3.09. The Hall–Kier alpha value is -3.42. The fourth-order valence-electron chi connectivity index (χ4n) is 4.29. The second-order valence-electron chi connectivity index (χ2n) is 7.19. The molecular weight excluding hydrogens is 388 g/mol. The van der Waals surface area contributed by atoms with Crippen molar-refractivity contribution in [2.75, 3.05) is 20.8 Å². The van der Waals surface area contributed by atoms with E-state index in [-0.39, 0.29) is 25.3 Å². The lowest BCUT2D eigenvalue weighted by Gasteiger charge is -2.40. The second kappa shape index (κ2) is 8.94. The van der Waals surface area contributed by atoms with E-state index in [2.05, 4.69) is 0 Å². The molecule has 0 spiro atoms. The maximum atomic E-state index is 13.2. The molecule has 0 unspecified atom stereocenters. The molecule has 0 aliphatic carbocycles. The van der Waals surface area contributed by atoms with Gasteiger partial charge in [0.2, 0.25) is 12.5 Å². The number of rotatable bonds is 8. The fraction of sp³-hybridized carbons (Fsp3) is 0.364. The smallest absolute Gasteiger partial charge is 0.332 e. The first-order chi connectivity index (χ1) is 14.4. The van der Waals surface area contributed by atoms with Crippen LogP contribution in [0.4, 0.5) is 0 Å². The molecule has 2 aromatic rings. The molecule has 2 aromatic carbocycles. The monoisotopic (exact) mass is 412 g/mol. The first-order valence-electron chi connectivity index (χ1n) is 9.61. The fourth-order valence-corrected chi connectivity index (χ4v) is 4.29. The van der Waals surface area contributed by atoms with E-state index in [0.717, 1.165) is 5.56 Å². The van der Waals surface area contributed by atoms with E-state index in [4.69, 9.17) is 9.47 Å². The number of nitrogens with zero attached hydrogens (tertiary/aromatic N) is 2. The van der Waals surface area contributed by atoms with Crippen molar-refractivity contribution in [2.45, 2.75) is 30.8 Å². The molecule has 1 fully saturated rings. The van der Waals surface area contributed by atoms with Crippen molar-refractivity contribution in [3.8, 4) is 5.75 Å². The van der Waals surface area contributed by atoms with E-state index in [1.54, 1.807) is 24.3 Å². The topological polar surface area (TPSA) is 99.0 Å². The zero-order chi connectivity index (χ0) is 21.7. The van der Waals surface area contributed by atoms with Gasteiger partial charge in [0.15, 0.2) is 5.54 Å². The molecule has 0 bridgehead atoms. The van der Waals surface area contributed by atoms with Crippen LogP contribution in [0.25, 0.3) is 0 Å². The first-order valence-corrected chi connectivity index (χ1v) is 9.61. The lowest BCUT2D eigenvalue weighted by atomic mass is 9.76. The molecule has 8 heteroatoms. The third-order valence-electron chi connectivity index (χ3n) is 5.65. The minimum atomic E-state index is -1.51. The molecule has 3 rings (SSSR count). The van der Waals surface area contributed by atoms with E-state index in [0.29, 0.717) is 11.3 Å². The van der Waals surface area contributed by atoms with Crippen LogP contribution < -0.4 is 4.74 Å². The predicted octanol–water partition coefficient (Wildman–Crippen LogP) is 2.79. The van der Waals surface area contributed by atoms with E-state index >= 15 is 0 Å². The predicted molar refractivity (Wildman–Crippen MR) is 109 cm³/mol. The molecule has 0 aromatic heterocycles. The van der Waals surface area contributed by atoms with Crippen LogP contribution in [0, 0.1) is 10.1 Å². The normalized spacial score (nSPS) is 19.4. The number of para-hydroxylation sites is 1. The zero-order valence-corrected chi connectivity index (χ0v) is 16.9. The van der Waals surface area contributed by atoms with Gasteiger partial charge in [-0.2, -0.15) is 0 Å². The van der Waals surface area contributed by atoms with Gasteiger partial charge in [-0.15, -0.1) is 0 Å². The van der Waals surface area contributed by atoms with Gasteiger partial charge in [0.25, 0.3) is 0 Å². The molecule has 158 valence electrons. The Labute approximate surface area is 174 Å². The molecule has 30 heavy (non-hydrogen) atoms. The standard InChI is InChI=1S/C22H24N2O6/c1-29-19-11-7-6-10-17(19)18(15-24(27)28)22(21(26)30-2)13-12-20(25)23(22)14-16-8-4-3-5-9-16/h3-11,18H,12-15H2,1-2H3/t18-,22-/m0/s1. The van der Waals surface area contributed by atoms with Crippen LogP contribution in [-0.4, -0.2) is 48.0 Å². The average molecular weight is 412 g/mol. The highest BCUT2D eigenvalue weighted by Gasteiger charge is 2.59. The number of likely N-dealkylation sites (tertiary alicyclic amines) is 1. The minimum Gasteiger partial charge on any atom is -0.496 e. The van der Waals surface area contributed by atoms with Gasteiger partial charge >= 0.3 is 5.97 Å². The van der Waals surface area contributed by atoms with E-state index in [1.807, 2.05) is 30.3 Å². The van der Waals surface area contributed by atoms with Crippen LogP contribution in [0.15, 0.2) is 54.6 Å². The molecule has 1 aliphatic heterocycles. The summed E-state index contributed by atoms with van der Waals surface area (Å²) in [5, 5.41) is 11.6. The summed E-state index contributed by atoms with van der Waals surface area (Å²) in [7, 11) is 2.70. The Morgan fingerprint density at radius 2 is 1.83 bits per heavy atom. The van der Waals surface area contributed by atoms with Crippen molar-refractivity contribution in [2.24, 2.45) is 0 Å². The summed E-state index contributed by atoms with van der Waals surface area (Å²) in [6.45, 7) is -0.397. The number of esters is 1. The molecule has 0 radical (unpaired) electrons. The molecular formula is C22H24N2O6. The van der Waals surface area contributed by atoms with E-state index < -0.39 is 28.9 Å². The van der Waals surface area contributed by atoms with Crippen molar-refractivity contribution < 1.29 is 24.0 Å². The number of methoxy groups -OCH3 is 2. The Balaban J connectivity index is 2.18. The first kappa shape index (κ1) is 21.3. The van der Waals surface area contributed by atoms with E-state index in [9.17, 15) is 19.7 Å². The maximum absolute atomic E-state index is 13.2. The number of benzene rings is 2. The van der Waals surface area contributed by atoms with Crippen molar-refractivity contribution >= 4 is 11.9 Å². The van der Waals surface area contributed by atoms with Crippen molar-refractivity contribution in [1.29, 1.82) is 0 Å². The third kappa shape index (κ3) is 3.85. The van der Waals surface area contributed by atoms with Gasteiger partial charge in [-0.1, -0.05) is 48.5 Å². The Kier molecular flexibility index (Phi) is 6.34. The zero-order valence-electron chi connectivity index (χ0n) is 16.9. The molecule has 1 aliphatic rings. The van der Waals surface area contributed by atoms with Gasteiger partial charge in [-0.05, 0) is 18.1 Å². The van der Waals surface area contributed by atoms with E-state index in [1.165, 1.54) is 19.1 Å². The van der Waals surface area contributed by atoms with Crippen LogP contribution in [0.2, 0.25) is 0 Å². The van der Waals surface area contributed by atoms with Gasteiger partial charge < -0.3 is 14.4 Å². The summed E-state index contributed by atoms with van der Waals surface area (Å²) in [5.74, 6) is -1.42. The van der Waals surface area contributed by atoms with Crippen molar-refractivity contribution in [3.05, 3.63) is 75.8 Å². The summed E-state index contributed by atoms with van der Waals surface area (Å²) in [5.41, 5.74) is -0.195. The SMILES string of the molecule is COC(=O)[C@@]1([C@@H](C[N+](=O)[O-])c2ccccc2OC)CCC(=O)N1Cc1ccccc1. The van der Waals surface area contributed by atoms with Gasteiger partial charge in [0, 0.05) is 23.5 Å². The summed E-state index contributed by atoms with van der Waals surface area (Å²) in [6, 6.07) is 16.1. The van der Waals surface area contributed by atoms with Crippen molar-refractivity contribution in [1.82, 2.24) is 4.90 Å². The Bertz CT molecular complexity index is 932. The lowest BCUT2D eigenvalue weighted by molar-refractivity contribution is -0.485. The molecule has 1 amide bonds. The molecule has 2 atom stereocenters. The number of nitro groups is 1. The van der Waals surface area contributed by atoms with Crippen LogP contribution >= 0.6 is 0 Å². The van der Waals surface area contributed by atoms with Gasteiger partial charge in [0.1, 0.15) is 5.75 Å². The quantitative estimate of drug-likeness (QED) is 0.376. The largest absolute Gasteiger partial charge is 0.496 e. The number of hydrogen-bond donors (Lipinski definition) is 0. The highest BCUT2D eigenvalue weighted by molar-refractivity contribution is 5.93. The molecule has 0 N–H and O–H groups in total. The summed E-state index contributed by atoms with van der Waals surface area (Å²) in [4.78, 5) is 38.7. The summed E-state index contributed by atoms with van der Waals surface area (Å²) in [6.07, 6.45) is 0.229. The number of ether oxygens (including phenoxy) is 2. The maximum Gasteiger partial charge on any atom is 0.332 e. The van der Waals surface area contributed by atoms with Gasteiger partial charge in [-0.3, -0.25) is 14.9 Å². The lowest BCUT2D eigenvalue weighted by Crippen LogP contribution is -2.57. The number of amides is 1. The molecule has 8 nitrogen and oxygen atoms in total. The van der Waals surface area contributed by atoms with Crippen LogP contribution in [0.5, 0.6) is 5.75 Å². The number of hydrogen-bond acceptors (Lipinski definition) is 6. The second-order valence-corrected chi connectivity index (χ2v) is 7.19. The van der Waals surface area contributed by atoms with Crippen LogP contribution in [0.1, 0.15) is 29.9 Å². The van der Waals surface area contributed by atoms with Gasteiger partial charge in [0.05, 0.1) is 20.1 Å². The number of carbonyl (C=O) groups excluding carboxylic acids is 2. The highest BCUT2D eigenvalue weighted by atomic mass is 16.6. The summed E-state index contributed by atoms with van der Waals surface area (Å²) < 4.78 is 10.5. The van der Waals surface area contributed by atoms with Gasteiger partial charge in [-0.25, -0.2) is 4.79 Å². The minimum absolute atomic E-state index is 0.102. The molecule has 1 saturated heterocycles. The Morgan fingerprint density at radius 1 is 1.17 bits per heavy atom. The van der Waals surface area contributed by atoms with Crippen LogP contribution in [-0.2, 0) is 20.9 Å².